The molecule has 0 aliphatic rings. The van der Waals surface area contributed by atoms with Crippen LogP contribution >= 0.6 is 11.5 Å². The van der Waals surface area contributed by atoms with Gasteiger partial charge >= 0.3 is 0 Å². The van der Waals surface area contributed by atoms with Crippen LogP contribution in [0.1, 0.15) is 55.0 Å². The predicted octanol–water partition coefficient (Wildman–Crippen LogP) is 3.86. The Morgan fingerprint density at radius 2 is 2.00 bits per heavy atom. The molecule has 0 radical (unpaired) electrons. The van der Waals surface area contributed by atoms with Gasteiger partial charge in [-0.1, -0.05) is 44.3 Å². The molecule has 0 atom stereocenters. The summed E-state index contributed by atoms with van der Waals surface area (Å²) in [7, 11) is 0. The van der Waals surface area contributed by atoms with E-state index >= 15 is 0 Å². The maximum atomic E-state index is 12.8. The first-order valence-electron chi connectivity index (χ1n) is 7.04. The first-order chi connectivity index (χ1) is 9.95. The molecule has 0 saturated heterocycles. The average Bonchev–Trinajstić information content (AvgIpc) is 2.94. The lowest BCUT2D eigenvalue weighted by atomic mass is 9.90. The number of ketones is 1. The van der Waals surface area contributed by atoms with Gasteiger partial charge in [-0.25, -0.2) is 0 Å². The van der Waals surface area contributed by atoms with Gasteiger partial charge in [-0.2, -0.15) is 0 Å². The topological polar surface area (TPSA) is 52.1 Å². The van der Waals surface area contributed by atoms with Crippen molar-refractivity contribution < 1.29 is 9.53 Å². The van der Waals surface area contributed by atoms with Gasteiger partial charge in [0.2, 0.25) is 5.78 Å². The summed E-state index contributed by atoms with van der Waals surface area (Å²) in [5.74, 6) is 0.555. The molecule has 0 amide bonds. The van der Waals surface area contributed by atoms with Crippen LogP contribution in [0.15, 0.2) is 24.3 Å². The van der Waals surface area contributed by atoms with Crippen LogP contribution in [0.3, 0.4) is 0 Å². The highest BCUT2D eigenvalue weighted by Crippen LogP contribution is 2.30. The molecule has 0 saturated carbocycles. The highest BCUT2D eigenvalue weighted by molar-refractivity contribution is 7.08. The summed E-state index contributed by atoms with van der Waals surface area (Å²) < 4.78 is 9.63. The van der Waals surface area contributed by atoms with Crippen LogP contribution in [-0.2, 0) is 5.41 Å². The van der Waals surface area contributed by atoms with E-state index in [1.54, 1.807) is 6.07 Å². The molecular formula is C16H20N2O2S. The lowest BCUT2D eigenvalue weighted by Gasteiger charge is -2.16. The fraction of sp³-hybridized carbons (Fsp3) is 0.438. The molecule has 1 aromatic heterocycles. The number of nitrogens with zero attached hydrogens (tertiary/aromatic N) is 2. The molecule has 2 rings (SSSR count). The number of carbonyl (C=O) groups excluding carboxylic acids is 1. The fourth-order valence-corrected chi connectivity index (χ4v) is 2.78. The summed E-state index contributed by atoms with van der Waals surface area (Å²) in [6.45, 7) is 8.71. The number of para-hydroxylation sites is 1. The third-order valence-electron chi connectivity index (χ3n) is 3.00. The van der Waals surface area contributed by atoms with Crippen molar-refractivity contribution in [1.29, 1.82) is 0 Å². The number of benzene rings is 1. The van der Waals surface area contributed by atoms with Crippen molar-refractivity contribution in [1.82, 2.24) is 9.59 Å². The molecule has 0 aliphatic heterocycles. The van der Waals surface area contributed by atoms with E-state index < -0.39 is 0 Å². The molecule has 112 valence electrons. The van der Waals surface area contributed by atoms with E-state index in [9.17, 15) is 4.79 Å². The molecule has 2 aromatic rings. The Hall–Kier alpha value is -1.75. The van der Waals surface area contributed by atoms with E-state index in [1.165, 1.54) is 0 Å². The number of aromatic nitrogens is 2. The van der Waals surface area contributed by atoms with E-state index in [-0.39, 0.29) is 11.2 Å². The van der Waals surface area contributed by atoms with Crippen molar-refractivity contribution in [3.8, 4) is 5.75 Å². The molecule has 0 unspecified atom stereocenters. The van der Waals surface area contributed by atoms with Crippen molar-refractivity contribution in [2.75, 3.05) is 6.61 Å². The van der Waals surface area contributed by atoms with Crippen LogP contribution in [0.2, 0.25) is 0 Å². The van der Waals surface area contributed by atoms with Gasteiger partial charge in [0.15, 0.2) is 0 Å². The third kappa shape index (κ3) is 3.47. The minimum atomic E-state index is -0.211. The van der Waals surface area contributed by atoms with Crippen molar-refractivity contribution in [2.45, 2.75) is 39.5 Å². The second-order valence-electron chi connectivity index (χ2n) is 5.87. The van der Waals surface area contributed by atoms with Crippen LogP contribution in [-0.4, -0.2) is 22.0 Å². The molecule has 1 heterocycles. The van der Waals surface area contributed by atoms with Gasteiger partial charge in [0.1, 0.15) is 10.6 Å². The van der Waals surface area contributed by atoms with Crippen molar-refractivity contribution in [3.05, 3.63) is 40.4 Å². The summed E-state index contributed by atoms with van der Waals surface area (Å²) in [6.07, 6.45) is 0.901. The lowest BCUT2D eigenvalue weighted by molar-refractivity contribution is 0.103. The quantitative estimate of drug-likeness (QED) is 0.787. The maximum absolute atomic E-state index is 12.8. The smallest absolute Gasteiger partial charge is 0.210 e. The van der Waals surface area contributed by atoms with Crippen LogP contribution in [0.5, 0.6) is 5.75 Å². The molecule has 1 aromatic carbocycles. The fourth-order valence-electron chi connectivity index (χ4n) is 1.94. The molecule has 0 bridgehead atoms. The molecule has 0 aliphatic carbocycles. The molecular weight excluding hydrogens is 284 g/mol. The molecule has 4 nitrogen and oxygen atoms in total. The van der Waals surface area contributed by atoms with Crippen molar-refractivity contribution in [2.24, 2.45) is 0 Å². The Labute approximate surface area is 129 Å². The van der Waals surface area contributed by atoms with Gasteiger partial charge in [0.05, 0.1) is 17.9 Å². The van der Waals surface area contributed by atoms with E-state index in [0.717, 1.165) is 23.6 Å². The lowest BCUT2D eigenvalue weighted by Crippen LogP contribution is -2.17. The standard InChI is InChI=1S/C16H20N2O2S/c1-5-10-20-12-9-7-6-8-11(12)13(19)14-15(16(2,3)4)17-18-21-14/h6-9H,5,10H2,1-4H3. The number of carbonyl (C=O) groups is 1. The third-order valence-corrected chi connectivity index (χ3v) is 3.72. The minimum absolute atomic E-state index is 0.0679. The zero-order valence-electron chi connectivity index (χ0n) is 12.8. The van der Waals surface area contributed by atoms with Crippen LogP contribution in [0, 0.1) is 0 Å². The van der Waals surface area contributed by atoms with E-state index in [2.05, 4.69) is 9.59 Å². The van der Waals surface area contributed by atoms with Crippen LogP contribution in [0.4, 0.5) is 0 Å². The van der Waals surface area contributed by atoms with Gasteiger partial charge in [-0.05, 0) is 30.1 Å². The van der Waals surface area contributed by atoms with Crippen molar-refractivity contribution in [3.63, 3.8) is 0 Å². The van der Waals surface area contributed by atoms with E-state index in [1.807, 2.05) is 45.9 Å². The average molecular weight is 304 g/mol. The van der Waals surface area contributed by atoms with Gasteiger partial charge in [0, 0.05) is 5.41 Å². The number of rotatable bonds is 5. The summed E-state index contributed by atoms with van der Waals surface area (Å²) in [5, 5.41) is 4.13. The zero-order chi connectivity index (χ0) is 15.5. The largest absolute Gasteiger partial charge is 0.493 e. The van der Waals surface area contributed by atoms with Gasteiger partial charge < -0.3 is 4.74 Å². The second kappa shape index (κ2) is 6.35. The highest BCUT2D eigenvalue weighted by Gasteiger charge is 2.28. The Balaban J connectivity index is 2.39. The number of hydrogen-bond donors (Lipinski definition) is 0. The Bertz CT molecular complexity index is 629. The van der Waals surface area contributed by atoms with Crippen LogP contribution in [0.25, 0.3) is 0 Å². The summed E-state index contributed by atoms with van der Waals surface area (Å²) >= 11 is 1.15. The first kappa shape index (κ1) is 15.6. The Morgan fingerprint density at radius 3 is 2.67 bits per heavy atom. The summed E-state index contributed by atoms with van der Waals surface area (Å²) in [5.41, 5.74) is 1.10. The van der Waals surface area contributed by atoms with Gasteiger partial charge in [-0.15, -0.1) is 5.10 Å². The molecule has 0 fully saturated rings. The minimum Gasteiger partial charge on any atom is -0.493 e. The summed E-state index contributed by atoms with van der Waals surface area (Å²) in [4.78, 5) is 13.4. The predicted molar refractivity (Wildman–Crippen MR) is 84.3 cm³/mol. The van der Waals surface area contributed by atoms with E-state index in [4.69, 9.17) is 4.74 Å². The SMILES string of the molecule is CCCOc1ccccc1C(=O)c1snnc1C(C)(C)C. The zero-order valence-corrected chi connectivity index (χ0v) is 13.7. The second-order valence-corrected chi connectivity index (χ2v) is 6.63. The first-order valence-corrected chi connectivity index (χ1v) is 7.82. The molecule has 21 heavy (non-hydrogen) atoms. The van der Waals surface area contributed by atoms with Gasteiger partial charge in [-0.3, -0.25) is 4.79 Å². The number of hydrogen-bond acceptors (Lipinski definition) is 5. The summed E-state index contributed by atoms with van der Waals surface area (Å²) in [6, 6.07) is 7.34. The normalized spacial score (nSPS) is 11.4. The van der Waals surface area contributed by atoms with E-state index in [0.29, 0.717) is 22.8 Å². The number of ether oxygens (including phenoxy) is 1. The molecule has 0 N–H and O–H groups in total. The highest BCUT2D eigenvalue weighted by atomic mass is 32.1. The van der Waals surface area contributed by atoms with Crippen molar-refractivity contribution >= 4 is 17.3 Å². The maximum Gasteiger partial charge on any atom is 0.210 e. The van der Waals surface area contributed by atoms with Gasteiger partial charge in [0.25, 0.3) is 0 Å². The molecule has 5 heteroatoms. The Morgan fingerprint density at radius 1 is 1.29 bits per heavy atom. The molecule has 0 spiro atoms. The Kier molecular flexibility index (Phi) is 4.73. The van der Waals surface area contributed by atoms with Crippen LogP contribution < -0.4 is 4.74 Å². The monoisotopic (exact) mass is 304 g/mol.